The third-order valence-electron chi connectivity index (χ3n) is 3.06. The zero-order valence-corrected chi connectivity index (χ0v) is 13.0. The Bertz CT molecular complexity index is 734. The maximum Gasteiger partial charge on any atom is 0.106 e. The van der Waals surface area contributed by atoms with Crippen molar-refractivity contribution >= 4 is 11.0 Å². The number of rotatable bonds is 3. The molecule has 0 radical (unpaired) electrons. The van der Waals surface area contributed by atoms with E-state index in [1.165, 1.54) is 17.6 Å². The van der Waals surface area contributed by atoms with Crippen LogP contribution in [0.25, 0.3) is 11.0 Å². The minimum atomic E-state index is 0.918. The van der Waals surface area contributed by atoms with Gasteiger partial charge in [-0.1, -0.05) is 44.7 Å². The van der Waals surface area contributed by atoms with Crippen LogP contribution in [-0.4, -0.2) is 9.97 Å². The molecule has 1 heterocycles. The van der Waals surface area contributed by atoms with Gasteiger partial charge in [-0.25, -0.2) is 4.98 Å². The third-order valence-corrected chi connectivity index (χ3v) is 3.06. The van der Waals surface area contributed by atoms with E-state index >= 15 is 0 Å². The molecule has 0 unspecified atom stereocenters. The Balaban J connectivity index is 0.000000497. The zero-order chi connectivity index (χ0) is 15.1. The second-order valence-corrected chi connectivity index (χ2v) is 5.11. The van der Waals surface area contributed by atoms with Crippen molar-refractivity contribution in [1.82, 2.24) is 9.97 Å². The van der Waals surface area contributed by atoms with Gasteiger partial charge in [0, 0.05) is 6.42 Å². The van der Waals surface area contributed by atoms with Crippen molar-refractivity contribution < 1.29 is 0 Å². The number of hydrogen-bond acceptors (Lipinski definition) is 1. The number of aromatic nitrogens is 2. The summed E-state index contributed by atoms with van der Waals surface area (Å²) < 4.78 is 0. The largest absolute Gasteiger partial charge is 0.342 e. The summed E-state index contributed by atoms with van der Waals surface area (Å²) in [7, 11) is 0. The van der Waals surface area contributed by atoms with E-state index < -0.39 is 0 Å². The zero-order valence-electron chi connectivity index (χ0n) is 13.0. The predicted octanol–water partition coefficient (Wildman–Crippen LogP) is 4.89. The molecule has 1 aromatic carbocycles. The lowest BCUT2D eigenvalue weighted by molar-refractivity contribution is 1.00. The Labute approximate surface area is 126 Å². The fraction of sp³-hybridized carbons (Fsp3) is 0.316. The third kappa shape index (κ3) is 4.10. The van der Waals surface area contributed by atoms with E-state index in [0.717, 1.165) is 29.7 Å². The highest BCUT2D eigenvalue weighted by atomic mass is 14.9. The first-order chi connectivity index (χ1) is 10.3. The van der Waals surface area contributed by atoms with Gasteiger partial charge in [-0.2, -0.15) is 0 Å². The van der Waals surface area contributed by atoms with E-state index in [4.69, 9.17) is 0 Å². The number of allylic oxidation sites excluding steroid dienone is 4. The maximum absolute atomic E-state index is 4.51. The van der Waals surface area contributed by atoms with Gasteiger partial charge in [0.1, 0.15) is 5.82 Å². The molecule has 0 amide bonds. The van der Waals surface area contributed by atoms with Gasteiger partial charge in [-0.3, -0.25) is 0 Å². The molecule has 0 aliphatic heterocycles. The number of H-pyrrole nitrogens is 1. The molecule has 0 atom stereocenters. The summed E-state index contributed by atoms with van der Waals surface area (Å²) in [6.07, 6.45) is 9.06. The van der Waals surface area contributed by atoms with Gasteiger partial charge in [-0.05, 0) is 47.9 Å². The highest BCUT2D eigenvalue weighted by Gasteiger charge is 2.03. The van der Waals surface area contributed by atoms with Crippen molar-refractivity contribution in [2.75, 3.05) is 0 Å². The number of nitrogens with zero attached hydrogens (tertiary/aromatic N) is 1. The normalized spacial score (nSPS) is 12.2. The van der Waals surface area contributed by atoms with Crippen molar-refractivity contribution in [3.63, 3.8) is 0 Å². The summed E-state index contributed by atoms with van der Waals surface area (Å²) in [6.45, 7) is 6.36. The molecule has 0 saturated heterocycles. The topological polar surface area (TPSA) is 28.7 Å². The summed E-state index contributed by atoms with van der Waals surface area (Å²) in [5, 5.41) is 0. The summed E-state index contributed by atoms with van der Waals surface area (Å²) >= 11 is 0. The summed E-state index contributed by atoms with van der Waals surface area (Å²) in [5.74, 6) is 1.05. The quantitative estimate of drug-likeness (QED) is 0.796. The highest BCUT2D eigenvalue weighted by molar-refractivity contribution is 5.76. The molecule has 108 valence electrons. The lowest BCUT2D eigenvalue weighted by Gasteiger charge is -2.02. The Kier molecular flexibility index (Phi) is 5.40. The second-order valence-electron chi connectivity index (χ2n) is 5.11. The average molecular weight is 278 g/mol. The molecule has 21 heavy (non-hydrogen) atoms. The van der Waals surface area contributed by atoms with Crippen LogP contribution < -0.4 is 0 Å². The monoisotopic (exact) mass is 278 g/mol. The number of fused-ring (bicyclic) bond motifs is 1. The Morgan fingerprint density at radius 2 is 1.95 bits per heavy atom. The summed E-state index contributed by atoms with van der Waals surface area (Å²) in [5.41, 5.74) is 10.6. The Morgan fingerprint density at radius 1 is 1.14 bits per heavy atom. The fourth-order valence-electron chi connectivity index (χ4n) is 2.11. The standard InChI is InChI=1S/C16H14N2.C3H8/c1-2-16-17-14-9-8-13(11-15(14)18-16)10-12-6-4-3-5-7-12;1-3-2/h4,6-9,11H,2,10H2,1H3,(H,17,18);3H2,1-2H3. The summed E-state index contributed by atoms with van der Waals surface area (Å²) in [6, 6.07) is 6.40. The van der Waals surface area contributed by atoms with Crippen molar-refractivity contribution in [3.8, 4) is 0 Å². The predicted molar refractivity (Wildman–Crippen MR) is 89.4 cm³/mol. The van der Waals surface area contributed by atoms with Gasteiger partial charge >= 0.3 is 0 Å². The molecule has 0 bridgehead atoms. The van der Waals surface area contributed by atoms with E-state index in [9.17, 15) is 0 Å². The SMILES string of the molecule is CCC.CCc1nc2ccc(CC3=CC=C=C=C3)cc2[nH]1. The van der Waals surface area contributed by atoms with Crippen molar-refractivity contribution in [1.29, 1.82) is 0 Å². The molecular weight excluding hydrogens is 256 g/mol. The molecule has 1 N–H and O–H groups in total. The van der Waals surface area contributed by atoms with Gasteiger partial charge in [0.25, 0.3) is 0 Å². The molecule has 2 nitrogen and oxygen atoms in total. The molecule has 2 aromatic rings. The van der Waals surface area contributed by atoms with E-state index in [2.05, 4.69) is 66.5 Å². The van der Waals surface area contributed by atoms with Crippen LogP contribution in [0.1, 0.15) is 38.6 Å². The fourth-order valence-corrected chi connectivity index (χ4v) is 2.11. The first-order valence-electron chi connectivity index (χ1n) is 7.61. The number of imidazole rings is 1. The average Bonchev–Trinajstić information content (AvgIpc) is 2.91. The van der Waals surface area contributed by atoms with Gasteiger partial charge in [0.2, 0.25) is 0 Å². The Morgan fingerprint density at radius 3 is 2.62 bits per heavy atom. The van der Waals surface area contributed by atoms with Crippen molar-refractivity contribution in [3.05, 3.63) is 64.9 Å². The number of hydrogen-bond donors (Lipinski definition) is 1. The van der Waals surface area contributed by atoms with Gasteiger partial charge in [0.05, 0.1) is 11.0 Å². The van der Waals surface area contributed by atoms with Crippen LogP contribution in [0.3, 0.4) is 0 Å². The van der Waals surface area contributed by atoms with Crippen molar-refractivity contribution in [2.45, 2.75) is 40.0 Å². The van der Waals surface area contributed by atoms with Crippen LogP contribution in [0.4, 0.5) is 0 Å². The number of nitrogens with one attached hydrogen (secondary N) is 1. The van der Waals surface area contributed by atoms with Crippen molar-refractivity contribution in [2.24, 2.45) is 0 Å². The number of benzene rings is 1. The highest BCUT2D eigenvalue weighted by Crippen LogP contribution is 2.17. The molecule has 1 aromatic heterocycles. The molecular formula is C19H22N2. The molecule has 0 saturated carbocycles. The van der Waals surface area contributed by atoms with Crippen LogP contribution in [-0.2, 0) is 12.8 Å². The molecule has 1 aliphatic rings. The number of aryl methyl sites for hydroxylation is 1. The van der Waals surface area contributed by atoms with E-state index in [1.807, 2.05) is 12.2 Å². The van der Waals surface area contributed by atoms with E-state index in [0.29, 0.717) is 0 Å². The van der Waals surface area contributed by atoms with E-state index in [1.54, 1.807) is 0 Å². The van der Waals surface area contributed by atoms with Crippen LogP contribution >= 0.6 is 0 Å². The minimum Gasteiger partial charge on any atom is -0.342 e. The smallest absolute Gasteiger partial charge is 0.106 e. The Hall–Kier alpha value is -2.27. The van der Waals surface area contributed by atoms with Crippen LogP contribution in [0.2, 0.25) is 0 Å². The van der Waals surface area contributed by atoms with E-state index in [-0.39, 0.29) is 0 Å². The first kappa shape index (κ1) is 15.1. The molecule has 1 aliphatic carbocycles. The summed E-state index contributed by atoms with van der Waals surface area (Å²) in [4.78, 5) is 7.86. The van der Waals surface area contributed by atoms with Gasteiger partial charge in [0.15, 0.2) is 0 Å². The maximum atomic E-state index is 4.51. The van der Waals surface area contributed by atoms with Gasteiger partial charge < -0.3 is 4.98 Å². The molecule has 2 heteroatoms. The molecule has 3 rings (SSSR count). The second kappa shape index (κ2) is 7.50. The minimum absolute atomic E-state index is 0.918. The lowest BCUT2D eigenvalue weighted by Crippen LogP contribution is -1.88. The van der Waals surface area contributed by atoms with Crippen LogP contribution in [0.5, 0.6) is 0 Å². The molecule has 0 fully saturated rings. The van der Waals surface area contributed by atoms with Crippen LogP contribution in [0, 0.1) is 0 Å². The lowest BCUT2D eigenvalue weighted by atomic mass is 10.0. The number of aromatic amines is 1. The first-order valence-corrected chi connectivity index (χ1v) is 7.61. The molecule has 0 spiro atoms. The van der Waals surface area contributed by atoms with Crippen LogP contribution in [0.15, 0.2) is 53.5 Å². The van der Waals surface area contributed by atoms with Gasteiger partial charge in [-0.15, -0.1) is 0 Å².